The number of para-hydroxylation sites is 2. The van der Waals surface area contributed by atoms with E-state index in [1.54, 1.807) is 16.7 Å². The largest absolute Gasteiger partial charge is 0.323 e. The van der Waals surface area contributed by atoms with Crippen LogP contribution in [0.1, 0.15) is 12.5 Å². The van der Waals surface area contributed by atoms with E-state index in [0.717, 1.165) is 11.3 Å². The predicted molar refractivity (Wildman–Crippen MR) is 107 cm³/mol. The van der Waals surface area contributed by atoms with Crippen molar-refractivity contribution in [2.75, 3.05) is 30.1 Å². The summed E-state index contributed by atoms with van der Waals surface area (Å²) in [7, 11) is 1.93. The van der Waals surface area contributed by atoms with Crippen molar-refractivity contribution in [3.63, 3.8) is 0 Å². The van der Waals surface area contributed by atoms with E-state index in [1.807, 2.05) is 43.1 Å². The van der Waals surface area contributed by atoms with Crippen molar-refractivity contribution >= 4 is 35.0 Å². The lowest BCUT2D eigenvalue weighted by molar-refractivity contribution is -0.125. The number of anilines is 2. The number of fused-ring (bicyclic) bond motifs is 1. The number of nitrogens with one attached hydrogen (secondary N) is 1. The number of benzene rings is 2. The van der Waals surface area contributed by atoms with Crippen LogP contribution in [0.15, 0.2) is 53.4 Å². The van der Waals surface area contributed by atoms with Crippen LogP contribution in [0.5, 0.6) is 0 Å². The van der Waals surface area contributed by atoms with Crippen LogP contribution in [0.3, 0.4) is 0 Å². The molecule has 0 saturated carbocycles. The van der Waals surface area contributed by atoms with Crippen molar-refractivity contribution in [1.82, 2.24) is 4.90 Å². The fourth-order valence-electron chi connectivity index (χ4n) is 3.00. The van der Waals surface area contributed by atoms with Gasteiger partial charge in [-0.05, 0) is 50.1 Å². The zero-order chi connectivity index (χ0) is 18.7. The maximum Gasteiger partial charge on any atom is 0.244 e. The van der Waals surface area contributed by atoms with Gasteiger partial charge in [-0.3, -0.25) is 19.4 Å². The van der Waals surface area contributed by atoms with Crippen LogP contribution in [0, 0.1) is 0 Å². The van der Waals surface area contributed by atoms with Gasteiger partial charge in [0.1, 0.15) is 6.54 Å². The molecule has 1 atom stereocenters. The van der Waals surface area contributed by atoms with E-state index in [-0.39, 0.29) is 24.4 Å². The average Bonchev–Trinajstić information content (AvgIpc) is 2.66. The number of hydrogen-bond donors (Lipinski definition) is 1. The molecule has 0 spiro atoms. The van der Waals surface area contributed by atoms with E-state index >= 15 is 0 Å². The molecule has 3 rings (SSSR count). The van der Waals surface area contributed by atoms with Gasteiger partial charge in [0.25, 0.3) is 0 Å². The third-order valence-corrected chi connectivity index (χ3v) is 5.39. The Morgan fingerprint density at radius 3 is 2.62 bits per heavy atom. The first-order valence-corrected chi connectivity index (χ1v) is 9.75. The van der Waals surface area contributed by atoms with Gasteiger partial charge in [0.15, 0.2) is 0 Å². The highest BCUT2D eigenvalue weighted by Gasteiger charge is 2.31. The molecular weight excluding hydrogens is 346 g/mol. The van der Waals surface area contributed by atoms with E-state index in [9.17, 15) is 9.59 Å². The van der Waals surface area contributed by atoms with E-state index in [1.165, 1.54) is 4.90 Å². The Kier molecular flexibility index (Phi) is 5.64. The Hall–Kier alpha value is -2.31. The van der Waals surface area contributed by atoms with E-state index in [4.69, 9.17) is 0 Å². The predicted octanol–water partition coefficient (Wildman–Crippen LogP) is 3.21. The molecule has 1 heterocycles. The van der Waals surface area contributed by atoms with Gasteiger partial charge in [0.05, 0.1) is 17.4 Å². The van der Waals surface area contributed by atoms with Crippen molar-refractivity contribution in [1.29, 1.82) is 0 Å². The monoisotopic (exact) mass is 369 g/mol. The van der Waals surface area contributed by atoms with Crippen LogP contribution in [0.4, 0.5) is 11.4 Å². The van der Waals surface area contributed by atoms with E-state index in [0.29, 0.717) is 12.2 Å². The summed E-state index contributed by atoms with van der Waals surface area (Å²) in [5.41, 5.74) is 2.59. The summed E-state index contributed by atoms with van der Waals surface area (Å²) >= 11 is 1.71. The molecule has 6 heteroatoms. The number of thioether (sulfide) groups is 1. The molecule has 2 aromatic rings. The van der Waals surface area contributed by atoms with Crippen LogP contribution in [0.2, 0.25) is 0 Å². The summed E-state index contributed by atoms with van der Waals surface area (Å²) in [4.78, 5) is 29.8. The smallest absolute Gasteiger partial charge is 0.244 e. The molecular formula is C20H23N3O2S. The average molecular weight is 369 g/mol. The summed E-state index contributed by atoms with van der Waals surface area (Å²) in [5.74, 6) is -0.241. The van der Waals surface area contributed by atoms with Crippen LogP contribution in [0.25, 0.3) is 0 Å². The molecule has 0 saturated heterocycles. The number of rotatable bonds is 5. The number of hydrogen-bond acceptors (Lipinski definition) is 4. The Morgan fingerprint density at radius 1 is 1.23 bits per heavy atom. The van der Waals surface area contributed by atoms with E-state index < -0.39 is 0 Å². The van der Waals surface area contributed by atoms with Gasteiger partial charge in [0.2, 0.25) is 11.8 Å². The van der Waals surface area contributed by atoms with Crippen molar-refractivity contribution in [3.8, 4) is 0 Å². The lowest BCUT2D eigenvalue weighted by atomic mass is 10.1. The Morgan fingerprint density at radius 2 is 1.92 bits per heavy atom. The van der Waals surface area contributed by atoms with Crippen LogP contribution >= 0.6 is 11.8 Å². The van der Waals surface area contributed by atoms with Gasteiger partial charge in [-0.2, -0.15) is 0 Å². The first kappa shape index (κ1) is 18.5. The molecule has 0 aromatic heterocycles. The summed E-state index contributed by atoms with van der Waals surface area (Å²) in [6.07, 6.45) is 2.05. The van der Waals surface area contributed by atoms with Gasteiger partial charge in [0, 0.05) is 11.4 Å². The summed E-state index contributed by atoms with van der Waals surface area (Å²) < 4.78 is 0. The molecule has 2 amide bonds. The van der Waals surface area contributed by atoms with E-state index in [2.05, 4.69) is 35.8 Å². The Labute approximate surface area is 158 Å². The molecule has 5 nitrogen and oxygen atoms in total. The maximum absolute atomic E-state index is 13.0. The van der Waals surface area contributed by atoms with Gasteiger partial charge in [-0.15, -0.1) is 11.8 Å². The SMILES string of the molecule is CSc1ccc(CN(C)[C@@H](C)C(=O)N2CC(=O)Nc3ccccc32)cc1. The molecule has 0 radical (unpaired) electrons. The van der Waals surface area contributed by atoms with Crippen molar-refractivity contribution in [3.05, 3.63) is 54.1 Å². The fraction of sp³-hybridized carbons (Fsp3) is 0.300. The molecule has 0 bridgehead atoms. The quantitative estimate of drug-likeness (QED) is 0.823. The van der Waals surface area contributed by atoms with Gasteiger partial charge < -0.3 is 5.32 Å². The van der Waals surface area contributed by atoms with Crippen molar-refractivity contribution < 1.29 is 9.59 Å². The molecule has 136 valence electrons. The fourth-order valence-corrected chi connectivity index (χ4v) is 3.41. The second-order valence-corrected chi connectivity index (χ2v) is 7.31. The van der Waals surface area contributed by atoms with Crippen molar-refractivity contribution in [2.24, 2.45) is 0 Å². The minimum atomic E-state index is -0.339. The van der Waals surface area contributed by atoms with Crippen LogP contribution in [-0.4, -0.2) is 42.6 Å². The zero-order valence-corrected chi connectivity index (χ0v) is 16.0. The first-order chi connectivity index (χ1) is 12.5. The highest BCUT2D eigenvalue weighted by molar-refractivity contribution is 7.98. The number of nitrogens with zero attached hydrogens (tertiary/aromatic N) is 2. The molecule has 26 heavy (non-hydrogen) atoms. The molecule has 1 aliphatic rings. The van der Waals surface area contributed by atoms with Crippen LogP contribution in [-0.2, 0) is 16.1 Å². The second-order valence-electron chi connectivity index (χ2n) is 6.43. The van der Waals surface area contributed by atoms with Gasteiger partial charge >= 0.3 is 0 Å². The first-order valence-electron chi connectivity index (χ1n) is 8.53. The molecule has 2 aromatic carbocycles. The zero-order valence-electron chi connectivity index (χ0n) is 15.2. The molecule has 0 unspecified atom stereocenters. The van der Waals surface area contributed by atoms with Crippen molar-refractivity contribution in [2.45, 2.75) is 24.4 Å². The number of carbonyl (C=O) groups excluding carboxylic acids is 2. The lowest BCUT2D eigenvalue weighted by Gasteiger charge is -2.33. The third-order valence-electron chi connectivity index (χ3n) is 4.65. The van der Waals surface area contributed by atoms with Crippen LogP contribution < -0.4 is 10.2 Å². The summed E-state index contributed by atoms with van der Waals surface area (Å²) in [6.45, 7) is 2.60. The third kappa shape index (κ3) is 3.92. The standard InChI is InChI=1S/C20H23N3O2S/c1-14(22(2)12-15-8-10-16(26-3)11-9-15)20(25)23-13-19(24)21-17-6-4-5-7-18(17)23/h4-11,14H,12-13H2,1-3H3,(H,21,24)/t14-/m0/s1. The summed E-state index contributed by atoms with van der Waals surface area (Å²) in [6, 6.07) is 15.4. The molecule has 0 aliphatic carbocycles. The minimum absolute atomic E-state index is 0.0520. The molecule has 1 N–H and O–H groups in total. The molecule has 0 fully saturated rings. The second kappa shape index (κ2) is 7.93. The highest BCUT2D eigenvalue weighted by atomic mass is 32.2. The lowest BCUT2D eigenvalue weighted by Crippen LogP contribution is -2.50. The van der Waals surface area contributed by atoms with Gasteiger partial charge in [-0.1, -0.05) is 24.3 Å². The summed E-state index contributed by atoms with van der Waals surface area (Å²) in [5, 5.41) is 2.82. The topological polar surface area (TPSA) is 52.7 Å². The number of amides is 2. The maximum atomic E-state index is 13.0. The number of likely N-dealkylation sites (N-methyl/N-ethyl adjacent to an activating group) is 1. The Balaban J connectivity index is 1.73. The minimum Gasteiger partial charge on any atom is -0.323 e. The normalized spacial score (nSPS) is 14.8. The Bertz CT molecular complexity index is 807. The highest BCUT2D eigenvalue weighted by Crippen LogP contribution is 2.29. The molecule has 1 aliphatic heterocycles. The number of carbonyl (C=O) groups is 2. The van der Waals surface area contributed by atoms with Gasteiger partial charge in [-0.25, -0.2) is 0 Å².